The summed E-state index contributed by atoms with van der Waals surface area (Å²) in [7, 11) is -1.92. The average molecular weight is 593 g/mol. The Hall–Kier alpha value is -4.06. The summed E-state index contributed by atoms with van der Waals surface area (Å²) >= 11 is 0. The molecule has 1 saturated heterocycles. The third-order valence-corrected chi connectivity index (χ3v) is 8.11. The van der Waals surface area contributed by atoms with Crippen molar-refractivity contribution in [3.05, 3.63) is 89.3 Å². The molecule has 1 fully saturated rings. The maximum atomic E-state index is 13.1. The van der Waals surface area contributed by atoms with Crippen molar-refractivity contribution in [2.24, 2.45) is 0 Å². The SMILES string of the molecule is COc1cc2ncnc(Nc3ccc(CS(=O)(=O)/C=C/c4ccc(F)cc4)cc3)c2cc1OCCCN1CCOCC1. The monoisotopic (exact) mass is 592 g/mol. The minimum Gasteiger partial charge on any atom is -0.493 e. The van der Waals surface area contributed by atoms with Gasteiger partial charge in [0.2, 0.25) is 0 Å². The molecule has 0 radical (unpaired) electrons. The summed E-state index contributed by atoms with van der Waals surface area (Å²) in [6.45, 7) is 4.91. The molecular formula is C31H33FN4O5S. The summed E-state index contributed by atoms with van der Waals surface area (Å²) in [6.07, 6.45) is 3.81. The molecule has 5 rings (SSSR count). The van der Waals surface area contributed by atoms with Gasteiger partial charge in [-0.3, -0.25) is 4.90 Å². The molecule has 0 aliphatic carbocycles. The first-order valence-electron chi connectivity index (χ1n) is 13.7. The van der Waals surface area contributed by atoms with Crippen LogP contribution in [0.4, 0.5) is 15.9 Å². The molecule has 1 N–H and O–H groups in total. The molecule has 42 heavy (non-hydrogen) atoms. The van der Waals surface area contributed by atoms with Crippen LogP contribution in [0.1, 0.15) is 17.5 Å². The average Bonchev–Trinajstić information content (AvgIpc) is 3.00. The second kappa shape index (κ2) is 13.7. The molecule has 4 aromatic rings. The number of halogens is 1. The molecule has 11 heteroatoms. The van der Waals surface area contributed by atoms with Crippen molar-refractivity contribution >= 4 is 38.3 Å². The number of rotatable bonds is 12. The van der Waals surface area contributed by atoms with Crippen LogP contribution in [-0.2, 0) is 20.3 Å². The fraction of sp³-hybridized carbons (Fsp3) is 0.290. The van der Waals surface area contributed by atoms with Crippen molar-refractivity contribution < 1.29 is 27.0 Å². The minimum atomic E-state index is -3.52. The van der Waals surface area contributed by atoms with Gasteiger partial charge in [-0.2, -0.15) is 0 Å². The number of hydrogen-bond donors (Lipinski definition) is 1. The second-order valence-corrected chi connectivity index (χ2v) is 11.8. The van der Waals surface area contributed by atoms with Crippen LogP contribution < -0.4 is 14.8 Å². The third-order valence-electron chi connectivity index (χ3n) is 6.82. The number of morpholine rings is 1. The summed E-state index contributed by atoms with van der Waals surface area (Å²) in [5, 5.41) is 5.21. The van der Waals surface area contributed by atoms with Crippen LogP contribution in [0.2, 0.25) is 0 Å². The molecule has 0 spiro atoms. The zero-order valence-electron chi connectivity index (χ0n) is 23.3. The highest BCUT2D eigenvalue weighted by Gasteiger charge is 2.14. The van der Waals surface area contributed by atoms with Crippen LogP contribution >= 0.6 is 0 Å². The number of sulfone groups is 1. The predicted octanol–water partition coefficient (Wildman–Crippen LogP) is 5.21. The highest BCUT2D eigenvalue weighted by molar-refractivity contribution is 7.93. The number of aromatic nitrogens is 2. The first kappa shape index (κ1) is 29.4. The van der Waals surface area contributed by atoms with Gasteiger partial charge in [0.25, 0.3) is 0 Å². The number of nitrogens with zero attached hydrogens (tertiary/aromatic N) is 3. The Labute approximate surface area is 244 Å². The summed E-state index contributed by atoms with van der Waals surface area (Å²) in [5.74, 6) is 1.26. The summed E-state index contributed by atoms with van der Waals surface area (Å²) in [6, 6.07) is 16.4. The lowest BCUT2D eigenvalue weighted by Crippen LogP contribution is -2.37. The molecule has 0 bridgehead atoms. The third kappa shape index (κ3) is 8.03. The molecule has 1 aliphatic rings. The Morgan fingerprint density at radius 1 is 1.02 bits per heavy atom. The van der Waals surface area contributed by atoms with Gasteiger partial charge in [0.05, 0.1) is 38.2 Å². The smallest absolute Gasteiger partial charge is 0.175 e. The number of benzene rings is 3. The molecule has 1 aliphatic heterocycles. The molecule has 0 unspecified atom stereocenters. The molecule has 220 valence electrons. The van der Waals surface area contributed by atoms with E-state index in [1.54, 1.807) is 31.4 Å². The van der Waals surface area contributed by atoms with E-state index in [9.17, 15) is 12.8 Å². The van der Waals surface area contributed by atoms with E-state index in [2.05, 4.69) is 20.2 Å². The molecule has 2 heterocycles. The fourth-order valence-corrected chi connectivity index (χ4v) is 5.71. The van der Waals surface area contributed by atoms with Gasteiger partial charge in [0, 0.05) is 42.2 Å². The maximum Gasteiger partial charge on any atom is 0.175 e. The van der Waals surface area contributed by atoms with E-state index >= 15 is 0 Å². The Kier molecular flexibility index (Phi) is 9.63. The number of hydrogen-bond acceptors (Lipinski definition) is 9. The van der Waals surface area contributed by atoms with Gasteiger partial charge in [0.15, 0.2) is 21.3 Å². The zero-order chi connectivity index (χ0) is 29.4. The highest BCUT2D eigenvalue weighted by Crippen LogP contribution is 2.35. The Bertz CT molecular complexity index is 1620. The predicted molar refractivity (Wildman–Crippen MR) is 161 cm³/mol. The molecule has 0 atom stereocenters. The van der Waals surface area contributed by atoms with Gasteiger partial charge >= 0.3 is 0 Å². The van der Waals surface area contributed by atoms with Crippen molar-refractivity contribution in [3.8, 4) is 11.5 Å². The van der Waals surface area contributed by atoms with E-state index in [-0.39, 0.29) is 11.6 Å². The Balaban J connectivity index is 1.24. The lowest BCUT2D eigenvalue weighted by atomic mass is 10.2. The van der Waals surface area contributed by atoms with Crippen LogP contribution in [0.25, 0.3) is 17.0 Å². The molecule has 9 nitrogen and oxygen atoms in total. The highest BCUT2D eigenvalue weighted by atomic mass is 32.2. The van der Waals surface area contributed by atoms with Crippen molar-refractivity contribution in [2.45, 2.75) is 12.2 Å². The van der Waals surface area contributed by atoms with Crippen molar-refractivity contribution in [1.29, 1.82) is 0 Å². The van der Waals surface area contributed by atoms with Gasteiger partial charge in [-0.25, -0.2) is 22.8 Å². The van der Waals surface area contributed by atoms with Gasteiger partial charge < -0.3 is 19.5 Å². The fourth-order valence-electron chi connectivity index (χ4n) is 4.59. The van der Waals surface area contributed by atoms with E-state index in [0.29, 0.717) is 40.6 Å². The molecule has 3 aromatic carbocycles. The van der Waals surface area contributed by atoms with Gasteiger partial charge in [0.1, 0.15) is 18.0 Å². The number of anilines is 2. The van der Waals surface area contributed by atoms with Gasteiger partial charge in [-0.05, 0) is 54.0 Å². The van der Waals surface area contributed by atoms with E-state index in [4.69, 9.17) is 14.2 Å². The van der Waals surface area contributed by atoms with E-state index in [1.165, 1.54) is 36.7 Å². The lowest BCUT2D eigenvalue weighted by Gasteiger charge is -2.26. The van der Waals surface area contributed by atoms with E-state index in [0.717, 1.165) is 55.8 Å². The molecule has 1 aromatic heterocycles. The standard InChI is InChI=1S/C31H33FN4O5S/c1-39-29-20-28-27(19-30(29)41-15-2-12-36-13-16-40-17-14-36)31(34-22-33-28)35-26-9-5-24(6-10-26)21-42(37,38)18-11-23-3-7-25(32)8-4-23/h3-11,18-20,22H,2,12-17,21H2,1H3,(H,33,34,35)/b18-11+. The van der Waals surface area contributed by atoms with E-state index in [1.807, 2.05) is 12.1 Å². The van der Waals surface area contributed by atoms with Crippen molar-refractivity contribution in [3.63, 3.8) is 0 Å². The number of nitrogens with one attached hydrogen (secondary N) is 1. The number of fused-ring (bicyclic) bond motifs is 1. The minimum absolute atomic E-state index is 0.159. The lowest BCUT2D eigenvalue weighted by molar-refractivity contribution is 0.0357. The Morgan fingerprint density at radius 2 is 1.79 bits per heavy atom. The molecule has 0 amide bonds. The number of methoxy groups -OCH3 is 1. The molecular weight excluding hydrogens is 559 g/mol. The molecule has 0 saturated carbocycles. The normalized spacial score (nSPS) is 14.3. The van der Waals surface area contributed by atoms with Crippen molar-refractivity contribution in [1.82, 2.24) is 14.9 Å². The maximum absolute atomic E-state index is 13.1. The van der Waals surface area contributed by atoms with Gasteiger partial charge in [-0.1, -0.05) is 24.3 Å². The summed E-state index contributed by atoms with van der Waals surface area (Å²) < 4.78 is 55.4. The zero-order valence-corrected chi connectivity index (χ0v) is 24.1. The summed E-state index contributed by atoms with van der Waals surface area (Å²) in [5.41, 5.74) is 2.67. The summed E-state index contributed by atoms with van der Waals surface area (Å²) in [4.78, 5) is 11.2. The first-order chi connectivity index (χ1) is 20.4. The topological polar surface area (TPSA) is 103 Å². The van der Waals surface area contributed by atoms with Crippen LogP contribution in [0.15, 0.2) is 72.4 Å². The van der Waals surface area contributed by atoms with Crippen LogP contribution in [0.5, 0.6) is 11.5 Å². The quantitative estimate of drug-likeness (QED) is 0.222. The number of ether oxygens (including phenoxy) is 3. The first-order valence-corrected chi connectivity index (χ1v) is 15.4. The second-order valence-electron chi connectivity index (χ2n) is 9.88. The van der Waals surface area contributed by atoms with E-state index < -0.39 is 9.84 Å². The largest absolute Gasteiger partial charge is 0.493 e. The van der Waals surface area contributed by atoms with Crippen LogP contribution in [-0.4, -0.2) is 69.9 Å². The van der Waals surface area contributed by atoms with Crippen LogP contribution in [0.3, 0.4) is 0 Å². The van der Waals surface area contributed by atoms with Crippen molar-refractivity contribution in [2.75, 3.05) is 51.9 Å². The Morgan fingerprint density at radius 3 is 2.52 bits per heavy atom. The van der Waals surface area contributed by atoms with Gasteiger partial charge in [-0.15, -0.1) is 0 Å². The van der Waals surface area contributed by atoms with Crippen LogP contribution in [0, 0.1) is 5.82 Å².